The van der Waals surface area contributed by atoms with Gasteiger partial charge < -0.3 is 15.8 Å². The first-order valence-electron chi connectivity index (χ1n) is 7.21. The molecule has 0 aliphatic heterocycles. The zero-order chi connectivity index (χ0) is 15.1. The van der Waals surface area contributed by atoms with Crippen molar-refractivity contribution in [3.8, 4) is 5.75 Å². The molecule has 1 atom stereocenters. The molecule has 0 aliphatic carbocycles. The number of carbonyl (C=O) groups excluding carboxylic acids is 1. The molecule has 1 rings (SSSR count). The molecule has 3 N–H and O–H groups in total. The third-order valence-corrected chi connectivity index (χ3v) is 3.75. The van der Waals surface area contributed by atoms with Crippen LogP contribution in [-0.4, -0.2) is 25.6 Å². The van der Waals surface area contributed by atoms with Gasteiger partial charge in [-0.25, -0.2) is 0 Å². The van der Waals surface area contributed by atoms with Gasteiger partial charge in [-0.15, -0.1) is 0 Å². The summed E-state index contributed by atoms with van der Waals surface area (Å²) >= 11 is 0. The number of aryl methyl sites for hydroxylation is 1. The molecule has 1 aromatic rings. The minimum absolute atomic E-state index is 0.00949. The van der Waals surface area contributed by atoms with Gasteiger partial charge in [0.15, 0.2) is 0 Å². The summed E-state index contributed by atoms with van der Waals surface area (Å²) in [5.74, 6) is 0.894. The first kappa shape index (κ1) is 16.5. The van der Waals surface area contributed by atoms with E-state index in [0.29, 0.717) is 23.8 Å². The van der Waals surface area contributed by atoms with E-state index >= 15 is 0 Å². The van der Waals surface area contributed by atoms with Crippen molar-refractivity contribution < 1.29 is 9.53 Å². The van der Waals surface area contributed by atoms with Crippen molar-refractivity contribution in [1.82, 2.24) is 5.32 Å². The van der Waals surface area contributed by atoms with Crippen LogP contribution in [0.15, 0.2) is 18.2 Å². The van der Waals surface area contributed by atoms with Crippen LogP contribution >= 0.6 is 0 Å². The van der Waals surface area contributed by atoms with E-state index in [1.165, 1.54) is 0 Å². The molecule has 0 saturated carbocycles. The number of amides is 1. The number of benzene rings is 1. The first-order chi connectivity index (χ1) is 9.53. The van der Waals surface area contributed by atoms with Crippen molar-refractivity contribution >= 4 is 5.91 Å². The second-order valence-corrected chi connectivity index (χ2v) is 5.15. The Morgan fingerprint density at radius 3 is 2.55 bits per heavy atom. The highest BCUT2D eigenvalue weighted by Crippen LogP contribution is 2.19. The number of hydrogen-bond acceptors (Lipinski definition) is 3. The number of rotatable bonds is 7. The highest BCUT2D eigenvalue weighted by Gasteiger charge is 2.17. The molecule has 1 amide bonds. The highest BCUT2D eigenvalue weighted by molar-refractivity contribution is 5.97. The van der Waals surface area contributed by atoms with Gasteiger partial charge in [-0.05, 0) is 25.0 Å². The van der Waals surface area contributed by atoms with Gasteiger partial charge in [0.2, 0.25) is 0 Å². The normalized spacial score (nSPS) is 12.3. The number of ether oxygens (including phenoxy) is 1. The van der Waals surface area contributed by atoms with E-state index in [9.17, 15) is 4.79 Å². The summed E-state index contributed by atoms with van der Waals surface area (Å²) in [5, 5.41) is 2.91. The molecule has 0 aromatic heterocycles. The van der Waals surface area contributed by atoms with Crippen molar-refractivity contribution in [2.24, 2.45) is 11.7 Å². The van der Waals surface area contributed by atoms with Gasteiger partial charge in [0.25, 0.3) is 5.91 Å². The Labute approximate surface area is 121 Å². The Kier molecular flexibility index (Phi) is 6.52. The van der Waals surface area contributed by atoms with Crippen molar-refractivity contribution in [2.45, 2.75) is 39.7 Å². The van der Waals surface area contributed by atoms with Crippen LogP contribution in [0.3, 0.4) is 0 Å². The fourth-order valence-corrected chi connectivity index (χ4v) is 2.37. The topological polar surface area (TPSA) is 64.3 Å². The molecule has 0 aliphatic rings. The Morgan fingerprint density at radius 1 is 1.35 bits per heavy atom. The van der Waals surface area contributed by atoms with Crippen LogP contribution in [0.4, 0.5) is 0 Å². The number of nitrogens with two attached hydrogens (primary N) is 1. The SMILES string of the molecule is CCC(CC)C(N)CNC(=O)c1cc(C)ccc1OC. The summed E-state index contributed by atoms with van der Waals surface area (Å²) in [7, 11) is 1.57. The van der Waals surface area contributed by atoms with Gasteiger partial charge in [-0.1, -0.05) is 38.3 Å². The van der Waals surface area contributed by atoms with E-state index in [4.69, 9.17) is 10.5 Å². The van der Waals surface area contributed by atoms with Crippen LogP contribution in [0, 0.1) is 12.8 Å². The van der Waals surface area contributed by atoms with E-state index in [2.05, 4.69) is 19.2 Å². The second-order valence-electron chi connectivity index (χ2n) is 5.15. The molecule has 1 unspecified atom stereocenters. The molecule has 0 saturated heterocycles. The lowest BCUT2D eigenvalue weighted by molar-refractivity contribution is 0.0944. The molecule has 0 spiro atoms. The quantitative estimate of drug-likeness (QED) is 0.805. The third kappa shape index (κ3) is 4.23. The van der Waals surface area contributed by atoms with E-state index in [0.717, 1.165) is 18.4 Å². The molecule has 4 nitrogen and oxygen atoms in total. The Morgan fingerprint density at radius 2 is 2.00 bits per heavy atom. The average molecular weight is 278 g/mol. The van der Waals surface area contributed by atoms with E-state index < -0.39 is 0 Å². The standard InChI is InChI=1S/C16H26N2O2/c1-5-12(6-2)14(17)10-18-16(19)13-9-11(3)7-8-15(13)20-4/h7-9,12,14H,5-6,10,17H2,1-4H3,(H,18,19). The number of hydrogen-bond donors (Lipinski definition) is 2. The fraction of sp³-hybridized carbons (Fsp3) is 0.562. The van der Waals surface area contributed by atoms with Crippen LogP contribution in [-0.2, 0) is 0 Å². The average Bonchev–Trinajstić information content (AvgIpc) is 2.46. The highest BCUT2D eigenvalue weighted by atomic mass is 16.5. The number of nitrogens with one attached hydrogen (secondary N) is 1. The summed E-state index contributed by atoms with van der Waals surface area (Å²) in [6.45, 7) is 6.69. The Bertz CT molecular complexity index is 442. The smallest absolute Gasteiger partial charge is 0.255 e. The van der Waals surface area contributed by atoms with Crippen molar-refractivity contribution in [3.05, 3.63) is 29.3 Å². The summed E-state index contributed by atoms with van der Waals surface area (Å²) < 4.78 is 5.23. The van der Waals surface area contributed by atoms with Gasteiger partial charge in [-0.2, -0.15) is 0 Å². The van der Waals surface area contributed by atoms with Crippen molar-refractivity contribution in [2.75, 3.05) is 13.7 Å². The third-order valence-electron chi connectivity index (χ3n) is 3.75. The molecule has 112 valence electrons. The van der Waals surface area contributed by atoms with Crippen LogP contribution < -0.4 is 15.8 Å². The van der Waals surface area contributed by atoms with E-state index in [-0.39, 0.29) is 11.9 Å². The Balaban J connectivity index is 2.70. The number of carbonyl (C=O) groups is 1. The zero-order valence-corrected chi connectivity index (χ0v) is 12.9. The lowest BCUT2D eigenvalue weighted by atomic mass is 9.95. The maximum absolute atomic E-state index is 12.2. The van der Waals surface area contributed by atoms with Crippen molar-refractivity contribution in [3.63, 3.8) is 0 Å². The summed E-state index contributed by atoms with van der Waals surface area (Å²) in [6.07, 6.45) is 2.06. The first-order valence-corrected chi connectivity index (χ1v) is 7.21. The van der Waals surface area contributed by atoms with Crippen LogP contribution in [0.5, 0.6) is 5.75 Å². The predicted octanol–water partition coefficient (Wildman–Crippen LogP) is 2.50. The van der Waals surface area contributed by atoms with Gasteiger partial charge in [0.05, 0.1) is 12.7 Å². The molecule has 0 bridgehead atoms. The lowest BCUT2D eigenvalue weighted by Crippen LogP contribution is -2.41. The lowest BCUT2D eigenvalue weighted by Gasteiger charge is -2.21. The van der Waals surface area contributed by atoms with Crippen LogP contribution in [0.1, 0.15) is 42.6 Å². The molecule has 20 heavy (non-hydrogen) atoms. The van der Waals surface area contributed by atoms with Crippen LogP contribution in [0.2, 0.25) is 0 Å². The van der Waals surface area contributed by atoms with Gasteiger partial charge >= 0.3 is 0 Å². The minimum atomic E-state index is -0.132. The van der Waals surface area contributed by atoms with Crippen molar-refractivity contribution in [1.29, 1.82) is 0 Å². The van der Waals surface area contributed by atoms with Gasteiger partial charge in [0, 0.05) is 12.6 Å². The van der Waals surface area contributed by atoms with E-state index in [1.54, 1.807) is 7.11 Å². The molecular weight excluding hydrogens is 252 g/mol. The maximum atomic E-state index is 12.2. The monoisotopic (exact) mass is 278 g/mol. The predicted molar refractivity (Wildman–Crippen MR) is 82.1 cm³/mol. The van der Waals surface area contributed by atoms with Crippen LogP contribution in [0.25, 0.3) is 0 Å². The summed E-state index contributed by atoms with van der Waals surface area (Å²) in [4.78, 5) is 12.2. The largest absolute Gasteiger partial charge is 0.496 e. The molecule has 0 heterocycles. The molecular formula is C16H26N2O2. The van der Waals surface area contributed by atoms with Gasteiger partial charge in [-0.3, -0.25) is 4.79 Å². The maximum Gasteiger partial charge on any atom is 0.255 e. The molecule has 0 fully saturated rings. The van der Waals surface area contributed by atoms with Gasteiger partial charge in [0.1, 0.15) is 5.75 Å². The minimum Gasteiger partial charge on any atom is -0.496 e. The second kappa shape index (κ2) is 7.90. The fourth-order valence-electron chi connectivity index (χ4n) is 2.37. The molecule has 1 aromatic carbocycles. The molecule has 4 heteroatoms. The Hall–Kier alpha value is -1.55. The zero-order valence-electron chi connectivity index (χ0n) is 12.9. The summed E-state index contributed by atoms with van der Waals surface area (Å²) in [5.41, 5.74) is 7.71. The summed E-state index contributed by atoms with van der Waals surface area (Å²) in [6, 6.07) is 5.55. The number of methoxy groups -OCH3 is 1. The molecule has 0 radical (unpaired) electrons. The van der Waals surface area contributed by atoms with E-state index in [1.807, 2.05) is 25.1 Å².